The number of hydrogen-bond acceptors (Lipinski definition) is 4. The van der Waals surface area contributed by atoms with E-state index in [1.807, 2.05) is 0 Å². The predicted molar refractivity (Wildman–Crippen MR) is 70.8 cm³/mol. The van der Waals surface area contributed by atoms with E-state index in [-0.39, 0.29) is 23.8 Å². The molecule has 0 saturated heterocycles. The summed E-state index contributed by atoms with van der Waals surface area (Å²) < 4.78 is 0. The molecule has 104 valence electrons. The van der Waals surface area contributed by atoms with Crippen LogP contribution in [0.5, 0.6) is 5.75 Å². The highest BCUT2D eigenvalue weighted by molar-refractivity contribution is 5.97. The van der Waals surface area contributed by atoms with Crippen LogP contribution in [0.1, 0.15) is 43.0 Å². The van der Waals surface area contributed by atoms with Crippen molar-refractivity contribution in [2.45, 2.75) is 38.1 Å². The number of nitrogens with zero attached hydrogens (tertiary/aromatic N) is 1. The lowest BCUT2D eigenvalue weighted by Crippen LogP contribution is -2.53. The molecule has 2 rings (SSSR count). The van der Waals surface area contributed by atoms with E-state index in [2.05, 4.69) is 17.2 Å². The van der Waals surface area contributed by atoms with Gasteiger partial charge in [-0.05, 0) is 24.8 Å². The monoisotopic (exact) mass is 264 g/mol. The van der Waals surface area contributed by atoms with Crippen molar-refractivity contribution in [2.75, 3.05) is 6.61 Å². The van der Waals surface area contributed by atoms with Crippen LogP contribution >= 0.6 is 0 Å². The summed E-state index contributed by atoms with van der Waals surface area (Å²) in [5, 5.41) is 22.2. The second-order valence-corrected chi connectivity index (χ2v) is 5.49. The summed E-state index contributed by atoms with van der Waals surface area (Å²) in [6.45, 7) is 2.05. The number of amides is 1. The molecular formula is C14H20N2O3. The molecule has 0 bridgehead atoms. The minimum absolute atomic E-state index is 0.0745. The van der Waals surface area contributed by atoms with E-state index in [1.165, 1.54) is 18.5 Å². The summed E-state index contributed by atoms with van der Waals surface area (Å²) >= 11 is 0. The number of carbonyl (C=O) groups excluding carboxylic acids is 1. The maximum atomic E-state index is 12.2. The number of pyridine rings is 1. The van der Waals surface area contributed by atoms with Crippen molar-refractivity contribution in [3.63, 3.8) is 0 Å². The topological polar surface area (TPSA) is 82.5 Å². The van der Waals surface area contributed by atoms with Crippen LogP contribution < -0.4 is 5.32 Å². The van der Waals surface area contributed by atoms with Gasteiger partial charge in [-0.25, -0.2) is 0 Å². The van der Waals surface area contributed by atoms with Crippen LogP contribution in [0.15, 0.2) is 18.5 Å². The fraction of sp³-hybridized carbons (Fsp3) is 0.571. The molecule has 0 aliphatic heterocycles. The van der Waals surface area contributed by atoms with Crippen LogP contribution in [-0.4, -0.2) is 33.3 Å². The Bertz CT molecular complexity index is 464. The zero-order valence-corrected chi connectivity index (χ0v) is 11.1. The minimum Gasteiger partial charge on any atom is -0.505 e. The number of rotatable bonds is 3. The molecule has 2 atom stereocenters. The highest BCUT2D eigenvalue weighted by Crippen LogP contribution is 2.32. The number of hydrogen-bond donors (Lipinski definition) is 3. The van der Waals surface area contributed by atoms with E-state index in [9.17, 15) is 15.0 Å². The first-order chi connectivity index (χ1) is 9.06. The average Bonchev–Trinajstić information content (AvgIpc) is 2.39. The highest BCUT2D eigenvalue weighted by Gasteiger charge is 2.36. The third kappa shape index (κ3) is 3.04. The SMILES string of the molecule is CC1CCCC(CO)(NC(=O)c2ccncc2O)C1. The number of carbonyl (C=O) groups is 1. The molecular weight excluding hydrogens is 244 g/mol. The van der Waals surface area contributed by atoms with Crippen molar-refractivity contribution < 1.29 is 15.0 Å². The molecule has 1 amide bonds. The van der Waals surface area contributed by atoms with Gasteiger partial charge in [-0.3, -0.25) is 9.78 Å². The van der Waals surface area contributed by atoms with Gasteiger partial charge in [0.1, 0.15) is 5.75 Å². The first kappa shape index (κ1) is 13.8. The third-order valence-corrected chi connectivity index (χ3v) is 3.82. The maximum Gasteiger partial charge on any atom is 0.255 e. The van der Waals surface area contributed by atoms with E-state index >= 15 is 0 Å². The summed E-state index contributed by atoms with van der Waals surface area (Å²) in [4.78, 5) is 15.9. The fourth-order valence-electron chi connectivity index (χ4n) is 2.84. The van der Waals surface area contributed by atoms with Crippen molar-refractivity contribution in [3.8, 4) is 5.75 Å². The summed E-state index contributed by atoms with van der Waals surface area (Å²) in [7, 11) is 0. The maximum absolute atomic E-state index is 12.2. The molecule has 19 heavy (non-hydrogen) atoms. The number of aliphatic hydroxyl groups is 1. The smallest absolute Gasteiger partial charge is 0.255 e. The second kappa shape index (κ2) is 5.57. The Morgan fingerprint density at radius 3 is 3.05 bits per heavy atom. The Morgan fingerprint density at radius 1 is 1.63 bits per heavy atom. The van der Waals surface area contributed by atoms with E-state index < -0.39 is 5.54 Å². The quantitative estimate of drug-likeness (QED) is 0.772. The Morgan fingerprint density at radius 2 is 2.42 bits per heavy atom. The molecule has 5 heteroatoms. The summed E-state index contributed by atoms with van der Waals surface area (Å²) in [6, 6.07) is 1.47. The van der Waals surface area contributed by atoms with Gasteiger partial charge in [0.15, 0.2) is 0 Å². The standard InChI is InChI=1S/C14H20N2O3/c1-10-3-2-5-14(7-10,9-17)16-13(19)11-4-6-15-8-12(11)18/h4,6,8,10,17-18H,2-3,5,7,9H2,1H3,(H,16,19). The lowest BCUT2D eigenvalue weighted by Gasteiger charge is -2.39. The molecule has 1 aromatic rings. The summed E-state index contributed by atoms with van der Waals surface area (Å²) in [6.07, 6.45) is 6.35. The first-order valence-electron chi connectivity index (χ1n) is 6.63. The average molecular weight is 264 g/mol. The molecule has 0 radical (unpaired) electrons. The number of aliphatic hydroxyl groups excluding tert-OH is 1. The zero-order chi connectivity index (χ0) is 13.9. The zero-order valence-electron chi connectivity index (χ0n) is 11.1. The minimum atomic E-state index is -0.565. The van der Waals surface area contributed by atoms with Gasteiger partial charge < -0.3 is 15.5 Å². The molecule has 1 heterocycles. The lowest BCUT2D eigenvalue weighted by atomic mass is 9.76. The molecule has 5 nitrogen and oxygen atoms in total. The number of aromatic hydroxyl groups is 1. The number of aromatic nitrogens is 1. The van der Waals surface area contributed by atoms with Gasteiger partial charge in [0.05, 0.1) is 23.9 Å². The van der Waals surface area contributed by atoms with Crippen LogP contribution in [0, 0.1) is 5.92 Å². The van der Waals surface area contributed by atoms with Gasteiger partial charge in [0.2, 0.25) is 0 Å². The molecule has 1 aliphatic rings. The van der Waals surface area contributed by atoms with E-state index in [0.717, 1.165) is 25.7 Å². The Balaban J connectivity index is 2.14. The van der Waals surface area contributed by atoms with E-state index in [0.29, 0.717) is 5.92 Å². The van der Waals surface area contributed by atoms with Crippen LogP contribution in [0.3, 0.4) is 0 Å². The molecule has 0 spiro atoms. The van der Waals surface area contributed by atoms with Crippen molar-refractivity contribution in [2.24, 2.45) is 5.92 Å². The Kier molecular flexibility index (Phi) is 4.04. The van der Waals surface area contributed by atoms with Crippen molar-refractivity contribution in [3.05, 3.63) is 24.0 Å². The summed E-state index contributed by atoms with van der Waals surface area (Å²) in [5.74, 6) is -0.0211. The highest BCUT2D eigenvalue weighted by atomic mass is 16.3. The largest absolute Gasteiger partial charge is 0.505 e. The summed E-state index contributed by atoms with van der Waals surface area (Å²) in [5.41, 5.74) is -0.370. The second-order valence-electron chi connectivity index (χ2n) is 5.49. The Hall–Kier alpha value is -1.62. The van der Waals surface area contributed by atoms with Gasteiger partial charge in [-0.2, -0.15) is 0 Å². The van der Waals surface area contributed by atoms with Crippen molar-refractivity contribution >= 4 is 5.91 Å². The van der Waals surface area contributed by atoms with Gasteiger partial charge in [-0.1, -0.05) is 19.8 Å². The van der Waals surface area contributed by atoms with Gasteiger partial charge >= 0.3 is 0 Å². The Labute approximate surface area is 112 Å². The molecule has 3 N–H and O–H groups in total. The van der Waals surface area contributed by atoms with Gasteiger partial charge in [-0.15, -0.1) is 0 Å². The van der Waals surface area contributed by atoms with E-state index in [4.69, 9.17) is 0 Å². The van der Waals surface area contributed by atoms with E-state index in [1.54, 1.807) is 0 Å². The predicted octanol–water partition coefficient (Wildman–Crippen LogP) is 1.46. The molecule has 1 fully saturated rings. The molecule has 1 saturated carbocycles. The molecule has 1 aliphatic carbocycles. The lowest BCUT2D eigenvalue weighted by molar-refractivity contribution is 0.0695. The van der Waals surface area contributed by atoms with Gasteiger partial charge in [0, 0.05) is 6.20 Å². The molecule has 0 aromatic carbocycles. The first-order valence-corrected chi connectivity index (χ1v) is 6.63. The van der Waals surface area contributed by atoms with Crippen LogP contribution in [0.2, 0.25) is 0 Å². The van der Waals surface area contributed by atoms with Gasteiger partial charge in [0.25, 0.3) is 5.91 Å². The van der Waals surface area contributed by atoms with Crippen molar-refractivity contribution in [1.82, 2.24) is 10.3 Å². The third-order valence-electron chi connectivity index (χ3n) is 3.82. The fourth-order valence-corrected chi connectivity index (χ4v) is 2.84. The molecule has 2 unspecified atom stereocenters. The number of nitrogens with one attached hydrogen (secondary N) is 1. The van der Waals surface area contributed by atoms with Crippen LogP contribution in [-0.2, 0) is 0 Å². The van der Waals surface area contributed by atoms with Crippen LogP contribution in [0.4, 0.5) is 0 Å². The normalized spacial score (nSPS) is 26.9. The van der Waals surface area contributed by atoms with Crippen molar-refractivity contribution in [1.29, 1.82) is 0 Å². The molecule has 1 aromatic heterocycles. The van der Waals surface area contributed by atoms with Crippen LogP contribution in [0.25, 0.3) is 0 Å².